The van der Waals surface area contributed by atoms with E-state index in [1.807, 2.05) is 0 Å². The summed E-state index contributed by atoms with van der Waals surface area (Å²) in [6.07, 6.45) is 0. The topological polar surface area (TPSA) is 0 Å². The molecule has 0 spiro atoms. The van der Waals surface area contributed by atoms with Gasteiger partial charge in [0.15, 0.2) is 0 Å². The molecule has 0 aliphatic carbocycles. The fourth-order valence-corrected chi connectivity index (χ4v) is 4.48. The summed E-state index contributed by atoms with van der Waals surface area (Å²) in [4.78, 5) is 0. The molecule has 0 saturated carbocycles. The fraction of sp³-hybridized carbons (Fsp3) is 0. The quantitative estimate of drug-likeness (QED) is 0.616. The van der Waals surface area contributed by atoms with Gasteiger partial charge in [-0.25, -0.2) is 0 Å². The summed E-state index contributed by atoms with van der Waals surface area (Å²) in [5, 5.41) is 4.19. The van der Waals surface area contributed by atoms with E-state index in [-0.39, 0.29) is 25.8 Å². The first-order valence-electron chi connectivity index (χ1n) is 6.40. The van der Waals surface area contributed by atoms with Crippen LogP contribution in [0.1, 0.15) is 0 Å². The Labute approximate surface area is 140 Å². The molecule has 0 saturated heterocycles. The number of benzene rings is 3. The van der Waals surface area contributed by atoms with E-state index in [1.165, 1.54) is 15.9 Å². The summed E-state index contributed by atoms with van der Waals surface area (Å²) in [6, 6.07) is 32.3. The van der Waals surface area contributed by atoms with E-state index in [1.54, 1.807) is 0 Å². The van der Waals surface area contributed by atoms with E-state index < -0.39 is 7.92 Å². The maximum atomic E-state index is 2.23. The molecule has 3 radical (unpaired) electrons. The molecular formula is C18H15InP. The summed E-state index contributed by atoms with van der Waals surface area (Å²) in [7, 11) is -0.446. The number of rotatable bonds is 3. The van der Waals surface area contributed by atoms with Gasteiger partial charge in [-0.1, -0.05) is 91.0 Å². The van der Waals surface area contributed by atoms with Crippen LogP contribution in [-0.4, -0.2) is 25.8 Å². The Kier molecular flexibility index (Phi) is 5.88. The molecule has 0 aliphatic rings. The average molecular weight is 377 g/mol. The normalized spacial score (nSPS) is 10.1. The van der Waals surface area contributed by atoms with Gasteiger partial charge in [0.1, 0.15) is 0 Å². The van der Waals surface area contributed by atoms with Crippen LogP contribution in [0.2, 0.25) is 0 Å². The van der Waals surface area contributed by atoms with Crippen LogP contribution in [-0.2, 0) is 0 Å². The van der Waals surface area contributed by atoms with Gasteiger partial charge in [-0.15, -0.1) is 0 Å². The van der Waals surface area contributed by atoms with E-state index in [4.69, 9.17) is 0 Å². The van der Waals surface area contributed by atoms with Gasteiger partial charge < -0.3 is 0 Å². The van der Waals surface area contributed by atoms with Crippen LogP contribution in [0.15, 0.2) is 91.0 Å². The molecule has 0 N–H and O–H groups in total. The van der Waals surface area contributed by atoms with Crippen molar-refractivity contribution in [3.05, 3.63) is 91.0 Å². The van der Waals surface area contributed by atoms with E-state index in [0.717, 1.165) is 0 Å². The molecule has 0 bridgehead atoms. The van der Waals surface area contributed by atoms with Crippen molar-refractivity contribution in [2.24, 2.45) is 0 Å². The van der Waals surface area contributed by atoms with Crippen LogP contribution >= 0.6 is 7.92 Å². The molecular weight excluding hydrogens is 362 g/mol. The Morgan fingerprint density at radius 3 is 0.900 bits per heavy atom. The van der Waals surface area contributed by atoms with Crippen molar-refractivity contribution >= 4 is 49.7 Å². The molecule has 0 aliphatic heterocycles. The van der Waals surface area contributed by atoms with Gasteiger partial charge in [0.2, 0.25) is 0 Å². The minimum absolute atomic E-state index is 0. The second-order valence-corrected chi connectivity index (χ2v) is 6.56. The fourth-order valence-electron chi connectivity index (χ4n) is 2.18. The first-order chi connectivity index (χ1) is 9.45. The predicted octanol–water partition coefficient (Wildman–Crippen LogP) is 3.06. The van der Waals surface area contributed by atoms with Crippen LogP contribution in [0, 0.1) is 0 Å². The van der Waals surface area contributed by atoms with E-state index >= 15 is 0 Å². The molecule has 0 aromatic heterocycles. The molecule has 0 atom stereocenters. The first-order valence-corrected chi connectivity index (χ1v) is 7.74. The SMILES string of the molecule is [In].c1ccc(P(c2ccccc2)c2ccccc2)cc1. The number of hydrogen-bond acceptors (Lipinski definition) is 0. The molecule has 20 heavy (non-hydrogen) atoms. The Morgan fingerprint density at radius 1 is 0.400 bits per heavy atom. The molecule has 0 unspecified atom stereocenters. The van der Waals surface area contributed by atoms with Gasteiger partial charge in [0.05, 0.1) is 0 Å². The van der Waals surface area contributed by atoms with Crippen molar-refractivity contribution in [3.63, 3.8) is 0 Å². The summed E-state index contributed by atoms with van der Waals surface area (Å²) in [5.41, 5.74) is 0. The van der Waals surface area contributed by atoms with Crippen LogP contribution in [0.3, 0.4) is 0 Å². The molecule has 0 nitrogen and oxygen atoms in total. The van der Waals surface area contributed by atoms with Crippen molar-refractivity contribution < 1.29 is 0 Å². The average Bonchev–Trinajstić information content (AvgIpc) is 2.51. The smallest absolute Gasteiger partial charge is 0 e. The maximum absolute atomic E-state index is 2.23. The molecule has 0 amide bonds. The zero-order chi connectivity index (χ0) is 12.9. The third kappa shape index (κ3) is 3.53. The van der Waals surface area contributed by atoms with Gasteiger partial charge in [0.25, 0.3) is 0 Å². The van der Waals surface area contributed by atoms with Gasteiger partial charge in [0, 0.05) is 25.8 Å². The van der Waals surface area contributed by atoms with Crippen LogP contribution < -0.4 is 15.9 Å². The Hall–Kier alpha value is -1.04. The van der Waals surface area contributed by atoms with Crippen LogP contribution in [0.5, 0.6) is 0 Å². The minimum atomic E-state index is -0.446. The zero-order valence-corrected chi connectivity index (χ0v) is 15.4. The van der Waals surface area contributed by atoms with Crippen molar-refractivity contribution in [1.82, 2.24) is 0 Å². The molecule has 3 aromatic rings. The summed E-state index contributed by atoms with van der Waals surface area (Å²) >= 11 is 0. The molecule has 0 fully saturated rings. The Morgan fingerprint density at radius 2 is 0.650 bits per heavy atom. The summed E-state index contributed by atoms with van der Waals surface area (Å²) in [5.74, 6) is 0. The largest absolute Gasteiger partial charge is 0.0622 e. The maximum Gasteiger partial charge on any atom is 0 e. The minimum Gasteiger partial charge on any atom is -0.0622 e. The van der Waals surface area contributed by atoms with Crippen LogP contribution in [0.25, 0.3) is 0 Å². The second-order valence-electron chi connectivity index (χ2n) is 4.34. The Bertz CT molecular complexity index is 529. The van der Waals surface area contributed by atoms with Gasteiger partial charge in [-0.3, -0.25) is 0 Å². The van der Waals surface area contributed by atoms with Gasteiger partial charge in [-0.2, -0.15) is 0 Å². The molecule has 0 heterocycles. The standard InChI is InChI=1S/C18H15P.In/c1-4-10-16(11-5-1)19(17-12-6-2-7-13-17)18-14-8-3-9-15-18;/h1-15H;. The predicted molar refractivity (Wildman–Crippen MR) is 90.9 cm³/mol. The second kappa shape index (κ2) is 7.67. The van der Waals surface area contributed by atoms with Crippen molar-refractivity contribution in [3.8, 4) is 0 Å². The van der Waals surface area contributed by atoms with Crippen molar-refractivity contribution in [2.75, 3.05) is 0 Å². The summed E-state index contributed by atoms with van der Waals surface area (Å²) < 4.78 is 0. The van der Waals surface area contributed by atoms with Crippen LogP contribution in [0.4, 0.5) is 0 Å². The van der Waals surface area contributed by atoms with E-state index in [0.29, 0.717) is 0 Å². The summed E-state index contributed by atoms with van der Waals surface area (Å²) in [6.45, 7) is 0. The molecule has 3 rings (SSSR count). The van der Waals surface area contributed by atoms with E-state index in [9.17, 15) is 0 Å². The first kappa shape index (κ1) is 15.4. The van der Waals surface area contributed by atoms with E-state index in [2.05, 4.69) is 91.0 Å². The zero-order valence-electron chi connectivity index (χ0n) is 11.2. The van der Waals surface area contributed by atoms with Crippen molar-refractivity contribution in [2.45, 2.75) is 0 Å². The van der Waals surface area contributed by atoms with Gasteiger partial charge in [-0.05, 0) is 23.8 Å². The number of hydrogen-bond donors (Lipinski definition) is 0. The molecule has 95 valence electrons. The van der Waals surface area contributed by atoms with Crippen molar-refractivity contribution in [1.29, 1.82) is 0 Å². The third-order valence-corrected chi connectivity index (χ3v) is 5.49. The molecule has 3 aromatic carbocycles. The Balaban J connectivity index is 0.00000147. The third-order valence-electron chi connectivity index (χ3n) is 3.04. The monoisotopic (exact) mass is 377 g/mol. The molecule has 2 heteroatoms. The van der Waals surface area contributed by atoms with Gasteiger partial charge >= 0.3 is 0 Å².